The van der Waals surface area contributed by atoms with Gasteiger partial charge in [0.05, 0.1) is 12.0 Å². The Morgan fingerprint density at radius 1 is 1.08 bits per heavy atom. The summed E-state index contributed by atoms with van der Waals surface area (Å²) in [5.74, 6) is 0. The molecule has 1 aromatic carbocycles. The zero-order valence-corrected chi connectivity index (χ0v) is 16.1. The molecule has 0 saturated heterocycles. The molecule has 1 heterocycles. The van der Waals surface area contributed by atoms with Crippen LogP contribution in [0.2, 0.25) is 19.6 Å². The van der Waals surface area contributed by atoms with Crippen LogP contribution in [-0.2, 0) is 0 Å². The summed E-state index contributed by atoms with van der Waals surface area (Å²) >= 11 is 0. The van der Waals surface area contributed by atoms with Crippen molar-refractivity contribution in [1.82, 2.24) is 9.55 Å². The van der Waals surface area contributed by atoms with Gasteiger partial charge in [0.25, 0.3) is 0 Å². The van der Waals surface area contributed by atoms with Crippen LogP contribution in [0.5, 0.6) is 0 Å². The van der Waals surface area contributed by atoms with E-state index in [1.54, 1.807) is 0 Å². The first-order valence-corrected chi connectivity index (χ1v) is 11.8. The van der Waals surface area contributed by atoms with Crippen LogP contribution in [0.4, 0.5) is 5.69 Å². The van der Waals surface area contributed by atoms with E-state index >= 15 is 0 Å². The first-order chi connectivity index (χ1) is 11.4. The summed E-state index contributed by atoms with van der Waals surface area (Å²) in [7, 11) is -1.48. The lowest BCUT2D eigenvalue weighted by Gasteiger charge is -2.37. The molecule has 0 radical (unpaired) electrons. The van der Waals surface area contributed by atoms with Gasteiger partial charge in [0.15, 0.2) is 0 Å². The highest BCUT2D eigenvalue weighted by atomic mass is 28.3. The van der Waals surface area contributed by atoms with Gasteiger partial charge in [0.1, 0.15) is 8.24 Å². The van der Waals surface area contributed by atoms with E-state index < -0.39 is 8.24 Å². The zero-order valence-electron chi connectivity index (χ0n) is 15.1. The molecule has 1 atom stereocenters. The molecule has 0 saturated carbocycles. The van der Waals surface area contributed by atoms with Crippen molar-refractivity contribution in [3.63, 3.8) is 0 Å². The number of benzene rings is 1. The molecule has 126 valence electrons. The van der Waals surface area contributed by atoms with Crippen LogP contribution in [0.15, 0.2) is 66.4 Å². The van der Waals surface area contributed by atoms with Crippen LogP contribution in [-0.4, -0.2) is 30.2 Å². The van der Waals surface area contributed by atoms with Crippen molar-refractivity contribution in [1.29, 1.82) is 0 Å². The number of nitrogens with zero attached hydrogens (tertiary/aromatic N) is 3. The standard InChI is InChI=1S/C20H27N3Si/c1-6-7-17(2)23(24(3,4)5)16-22-20-10-8-18(9-11-20)19-12-14-21-15-13-19/h6,8-17H,1,7H2,2-5H3. The van der Waals surface area contributed by atoms with Crippen molar-refractivity contribution < 1.29 is 0 Å². The highest BCUT2D eigenvalue weighted by molar-refractivity contribution is 6.75. The number of rotatable bonds is 7. The Labute approximate surface area is 146 Å². The fourth-order valence-electron chi connectivity index (χ4n) is 2.72. The van der Waals surface area contributed by atoms with Crippen molar-refractivity contribution in [3.05, 3.63) is 61.4 Å². The average Bonchev–Trinajstić information content (AvgIpc) is 2.55. The molecule has 24 heavy (non-hydrogen) atoms. The zero-order chi connectivity index (χ0) is 17.6. The first kappa shape index (κ1) is 18.1. The smallest absolute Gasteiger partial charge is 0.149 e. The van der Waals surface area contributed by atoms with Crippen LogP contribution >= 0.6 is 0 Å². The summed E-state index contributed by atoms with van der Waals surface area (Å²) in [5, 5.41) is 0. The number of aliphatic imine (C=N–C) groups is 1. The first-order valence-electron chi connectivity index (χ1n) is 8.36. The normalized spacial score (nSPS) is 13.0. The summed E-state index contributed by atoms with van der Waals surface area (Å²) in [4.78, 5) is 8.76. The van der Waals surface area contributed by atoms with Gasteiger partial charge in [-0.3, -0.25) is 4.98 Å². The van der Waals surface area contributed by atoms with E-state index in [1.807, 2.05) is 36.9 Å². The Bertz CT molecular complexity index is 672. The lowest BCUT2D eigenvalue weighted by Crippen LogP contribution is -2.49. The molecule has 0 spiro atoms. The molecule has 1 aromatic heterocycles. The lowest BCUT2D eigenvalue weighted by atomic mass is 10.1. The SMILES string of the molecule is C=CCC(C)N(C=Nc1ccc(-c2ccncc2)cc1)[Si](C)(C)C. The summed E-state index contributed by atoms with van der Waals surface area (Å²) in [5.41, 5.74) is 3.32. The second-order valence-corrected chi connectivity index (χ2v) is 11.8. The third kappa shape index (κ3) is 4.90. The minimum absolute atomic E-state index is 0.425. The molecule has 3 nitrogen and oxygen atoms in total. The third-order valence-corrected chi connectivity index (χ3v) is 6.07. The second-order valence-electron chi connectivity index (χ2n) is 6.98. The highest BCUT2D eigenvalue weighted by Gasteiger charge is 2.25. The third-order valence-electron chi connectivity index (χ3n) is 3.97. The van der Waals surface area contributed by atoms with E-state index in [1.165, 1.54) is 11.1 Å². The molecular formula is C20H27N3Si. The molecule has 0 aliphatic heterocycles. The maximum atomic E-state index is 4.70. The van der Waals surface area contributed by atoms with Gasteiger partial charge in [0, 0.05) is 18.4 Å². The molecular weight excluding hydrogens is 310 g/mol. The largest absolute Gasteiger partial charge is 0.387 e. The van der Waals surface area contributed by atoms with E-state index in [4.69, 9.17) is 4.99 Å². The Kier molecular flexibility index (Phi) is 6.09. The van der Waals surface area contributed by atoms with Crippen molar-refractivity contribution in [2.24, 2.45) is 4.99 Å². The van der Waals surface area contributed by atoms with Gasteiger partial charge < -0.3 is 4.57 Å². The molecule has 0 aliphatic carbocycles. The summed E-state index contributed by atoms with van der Waals surface area (Å²) in [6, 6.07) is 12.8. The van der Waals surface area contributed by atoms with Crippen molar-refractivity contribution >= 4 is 20.3 Å². The monoisotopic (exact) mass is 337 g/mol. The molecule has 1 unspecified atom stereocenters. The molecule has 4 heteroatoms. The minimum Gasteiger partial charge on any atom is -0.387 e. The lowest BCUT2D eigenvalue weighted by molar-refractivity contribution is 0.483. The van der Waals surface area contributed by atoms with Crippen LogP contribution in [0.25, 0.3) is 11.1 Å². The number of aromatic nitrogens is 1. The topological polar surface area (TPSA) is 28.5 Å². The highest BCUT2D eigenvalue weighted by Crippen LogP contribution is 2.22. The fraction of sp³-hybridized carbons (Fsp3) is 0.300. The molecule has 0 bridgehead atoms. The average molecular weight is 338 g/mol. The van der Waals surface area contributed by atoms with Gasteiger partial charge in [-0.2, -0.15) is 0 Å². The van der Waals surface area contributed by atoms with E-state index in [2.05, 4.69) is 67.0 Å². The predicted molar refractivity (Wildman–Crippen MR) is 107 cm³/mol. The molecule has 0 aliphatic rings. The number of pyridine rings is 1. The second kappa shape index (κ2) is 8.06. The van der Waals surface area contributed by atoms with Crippen LogP contribution in [0.3, 0.4) is 0 Å². The molecule has 0 fully saturated rings. The van der Waals surface area contributed by atoms with Crippen LogP contribution in [0, 0.1) is 0 Å². The summed E-state index contributed by atoms with van der Waals surface area (Å²) < 4.78 is 2.42. The minimum atomic E-state index is -1.48. The van der Waals surface area contributed by atoms with Gasteiger partial charge in [-0.05, 0) is 48.7 Å². The molecule has 2 aromatic rings. The van der Waals surface area contributed by atoms with E-state index in [9.17, 15) is 0 Å². The van der Waals surface area contributed by atoms with Crippen molar-refractivity contribution in [3.8, 4) is 11.1 Å². The molecule has 0 N–H and O–H groups in total. The number of hydrogen-bond donors (Lipinski definition) is 0. The fourth-order valence-corrected chi connectivity index (χ4v) is 4.55. The molecule has 0 amide bonds. The Morgan fingerprint density at radius 2 is 1.67 bits per heavy atom. The van der Waals surface area contributed by atoms with Crippen LogP contribution in [0.1, 0.15) is 13.3 Å². The Morgan fingerprint density at radius 3 is 2.21 bits per heavy atom. The summed E-state index contributed by atoms with van der Waals surface area (Å²) in [6.07, 6.45) is 8.59. The number of hydrogen-bond acceptors (Lipinski definition) is 2. The quantitative estimate of drug-likeness (QED) is 0.288. The maximum absolute atomic E-state index is 4.70. The van der Waals surface area contributed by atoms with Gasteiger partial charge in [-0.1, -0.05) is 37.8 Å². The van der Waals surface area contributed by atoms with Crippen molar-refractivity contribution in [2.45, 2.75) is 39.0 Å². The van der Waals surface area contributed by atoms with Gasteiger partial charge in [0.2, 0.25) is 0 Å². The van der Waals surface area contributed by atoms with Crippen LogP contribution < -0.4 is 0 Å². The van der Waals surface area contributed by atoms with Gasteiger partial charge in [-0.15, -0.1) is 6.58 Å². The van der Waals surface area contributed by atoms with E-state index in [0.717, 1.165) is 12.1 Å². The van der Waals surface area contributed by atoms with Gasteiger partial charge in [-0.25, -0.2) is 4.99 Å². The van der Waals surface area contributed by atoms with Gasteiger partial charge >= 0.3 is 0 Å². The predicted octanol–water partition coefficient (Wildman–Crippen LogP) is 5.51. The summed E-state index contributed by atoms with van der Waals surface area (Å²) in [6.45, 7) is 13.1. The van der Waals surface area contributed by atoms with E-state index in [-0.39, 0.29) is 0 Å². The van der Waals surface area contributed by atoms with E-state index in [0.29, 0.717) is 6.04 Å². The Balaban J connectivity index is 2.16. The van der Waals surface area contributed by atoms with Crippen molar-refractivity contribution in [2.75, 3.05) is 0 Å². The maximum Gasteiger partial charge on any atom is 0.149 e. The Hall–Kier alpha value is -2.20. The molecule has 2 rings (SSSR count).